The van der Waals surface area contributed by atoms with Gasteiger partial charge in [0.05, 0.1) is 6.61 Å². The summed E-state index contributed by atoms with van der Waals surface area (Å²) in [6.45, 7) is 2.61. The Labute approximate surface area is 132 Å². The number of aromatic nitrogens is 2. The third kappa shape index (κ3) is 5.02. The minimum Gasteiger partial charge on any atom is -0.494 e. The average Bonchev–Trinajstić information content (AvgIpc) is 2.94. The van der Waals surface area contributed by atoms with Crippen LogP contribution in [0, 0.1) is 0 Å². The number of nitrogens with one attached hydrogen (secondary N) is 1. The Hall–Kier alpha value is -1.60. The van der Waals surface area contributed by atoms with E-state index < -0.39 is 0 Å². The first-order chi connectivity index (χ1) is 10.2. The highest BCUT2D eigenvalue weighted by Gasteiger charge is 2.08. The molecule has 1 N–H and O–H groups in total. The first-order valence-electron chi connectivity index (χ1n) is 6.60. The molecule has 0 spiro atoms. The number of benzene rings is 1. The Kier molecular flexibility index (Phi) is 6.01. The third-order valence-corrected chi connectivity index (χ3v) is 4.52. The number of hydrogen-bond acceptors (Lipinski definition) is 6. The van der Waals surface area contributed by atoms with Gasteiger partial charge < -0.3 is 10.1 Å². The highest BCUT2D eigenvalue weighted by Crippen LogP contribution is 2.23. The molecule has 0 saturated heterocycles. The predicted molar refractivity (Wildman–Crippen MR) is 86.3 cm³/mol. The van der Waals surface area contributed by atoms with Gasteiger partial charge in [0.25, 0.3) is 0 Å². The van der Waals surface area contributed by atoms with Crippen molar-refractivity contribution in [1.82, 2.24) is 10.2 Å². The van der Waals surface area contributed by atoms with Crippen molar-refractivity contribution in [3.63, 3.8) is 0 Å². The molecule has 21 heavy (non-hydrogen) atoms. The smallest absolute Gasteiger partial charge is 0.226 e. The van der Waals surface area contributed by atoms with Crippen molar-refractivity contribution in [2.24, 2.45) is 0 Å². The molecule has 0 aliphatic heterocycles. The van der Waals surface area contributed by atoms with Gasteiger partial charge in [-0.15, -0.1) is 10.2 Å². The molecule has 5 nitrogen and oxygen atoms in total. The van der Waals surface area contributed by atoms with E-state index in [9.17, 15) is 4.79 Å². The van der Waals surface area contributed by atoms with E-state index in [0.29, 0.717) is 24.6 Å². The zero-order valence-corrected chi connectivity index (χ0v) is 13.6. The van der Waals surface area contributed by atoms with Crippen LogP contribution in [0.2, 0.25) is 0 Å². The van der Waals surface area contributed by atoms with Crippen molar-refractivity contribution in [2.45, 2.75) is 24.1 Å². The van der Waals surface area contributed by atoms with E-state index >= 15 is 0 Å². The molecule has 0 atom stereocenters. The summed E-state index contributed by atoms with van der Waals surface area (Å²) in [7, 11) is 0. The molecule has 1 amide bonds. The van der Waals surface area contributed by atoms with Crippen LogP contribution in [0.1, 0.15) is 18.9 Å². The van der Waals surface area contributed by atoms with Gasteiger partial charge in [-0.3, -0.25) is 4.79 Å². The van der Waals surface area contributed by atoms with Gasteiger partial charge in [0.1, 0.15) is 5.75 Å². The molecule has 0 unspecified atom stereocenters. The van der Waals surface area contributed by atoms with Gasteiger partial charge in [-0.2, -0.15) is 0 Å². The van der Waals surface area contributed by atoms with E-state index in [1.54, 1.807) is 0 Å². The van der Waals surface area contributed by atoms with Gasteiger partial charge in [-0.05, 0) is 37.3 Å². The van der Waals surface area contributed by atoms with Gasteiger partial charge in [-0.1, -0.05) is 35.2 Å². The quantitative estimate of drug-likeness (QED) is 0.626. The van der Waals surface area contributed by atoms with E-state index in [1.165, 1.54) is 23.1 Å². The van der Waals surface area contributed by atoms with Crippen LogP contribution in [0.25, 0.3) is 0 Å². The van der Waals surface area contributed by atoms with Crippen molar-refractivity contribution < 1.29 is 9.53 Å². The van der Waals surface area contributed by atoms with Crippen LogP contribution in [0.4, 0.5) is 5.13 Å². The molecule has 2 rings (SSSR count). The van der Waals surface area contributed by atoms with Crippen LogP contribution in [0.5, 0.6) is 5.75 Å². The van der Waals surface area contributed by atoms with Crippen LogP contribution in [0.3, 0.4) is 0 Å². The largest absolute Gasteiger partial charge is 0.494 e. The van der Waals surface area contributed by atoms with E-state index in [1.807, 2.05) is 37.4 Å². The summed E-state index contributed by atoms with van der Waals surface area (Å²) in [5.74, 6) is 0.803. The fourth-order valence-electron chi connectivity index (χ4n) is 1.70. The number of hydrogen-bond donors (Lipinski definition) is 1. The standard InChI is InChI=1S/C14H17N3O2S2/c1-3-19-11-7-4-10(5-8-11)6-9-12(18)15-13-16-17-14(20-2)21-13/h4-5,7-8H,3,6,9H2,1-2H3,(H,15,16,18). The molecular formula is C14H17N3O2S2. The predicted octanol–water partition coefficient (Wildman–Crippen LogP) is 3.23. The van der Waals surface area contributed by atoms with Crippen molar-refractivity contribution >= 4 is 34.1 Å². The Balaban J connectivity index is 1.80. The molecule has 2 aromatic rings. The van der Waals surface area contributed by atoms with Crippen LogP contribution in [-0.2, 0) is 11.2 Å². The fraction of sp³-hybridized carbons (Fsp3) is 0.357. The highest BCUT2D eigenvalue weighted by atomic mass is 32.2. The molecule has 0 saturated carbocycles. The molecule has 7 heteroatoms. The van der Waals surface area contributed by atoms with Crippen LogP contribution in [-0.4, -0.2) is 29.0 Å². The second-order valence-corrected chi connectivity index (χ2v) is 6.23. The summed E-state index contributed by atoms with van der Waals surface area (Å²) < 4.78 is 6.23. The summed E-state index contributed by atoms with van der Waals surface area (Å²) in [5, 5.41) is 11.2. The van der Waals surface area contributed by atoms with Gasteiger partial charge in [0, 0.05) is 6.42 Å². The molecule has 0 aliphatic carbocycles. The molecule has 0 bridgehead atoms. The van der Waals surface area contributed by atoms with Crippen LogP contribution < -0.4 is 10.1 Å². The van der Waals surface area contributed by atoms with Crippen LogP contribution in [0.15, 0.2) is 28.6 Å². The highest BCUT2D eigenvalue weighted by molar-refractivity contribution is 8.00. The first-order valence-corrected chi connectivity index (χ1v) is 8.64. The minimum absolute atomic E-state index is 0.0484. The molecule has 0 fully saturated rings. The summed E-state index contributed by atoms with van der Waals surface area (Å²) in [5.41, 5.74) is 1.11. The van der Waals surface area contributed by atoms with Crippen LogP contribution >= 0.6 is 23.1 Å². The van der Waals surface area contributed by atoms with Crippen molar-refractivity contribution in [1.29, 1.82) is 0 Å². The maximum absolute atomic E-state index is 11.8. The minimum atomic E-state index is -0.0484. The van der Waals surface area contributed by atoms with Gasteiger partial charge in [-0.25, -0.2) is 0 Å². The second-order valence-electron chi connectivity index (χ2n) is 4.20. The fourth-order valence-corrected chi connectivity index (χ4v) is 2.89. The van der Waals surface area contributed by atoms with Gasteiger partial charge in [0.2, 0.25) is 11.0 Å². The molecule has 1 aromatic heterocycles. The number of carbonyl (C=O) groups is 1. The number of thioether (sulfide) groups is 1. The number of amides is 1. The Morgan fingerprint density at radius 3 is 2.71 bits per heavy atom. The lowest BCUT2D eigenvalue weighted by Gasteiger charge is -2.05. The summed E-state index contributed by atoms with van der Waals surface area (Å²) in [4.78, 5) is 11.8. The monoisotopic (exact) mass is 323 g/mol. The topological polar surface area (TPSA) is 64.1 Å². The van der Waals surface area contributed by atoms with E-state index in [2.05, 4.69) is 15.5 Å². The average molecular weight is 323 g/mol. The number of rotatable bonds is 7. The summed E-state index contributed by atoms with van der Waals surface area (Å²) in [6, 6.07) is 7.81. The van der Waals surface area contributed by atoms with Crippen molar-refractivity contribution in [3.8, 4) is 5.75 Å². The Morgan fingerprint density at radius 1 is 1.33 bits per heavy atom. The number of ether oxygens (including phenoxy) is 1. The Morgan fingerprint density at radius 2 is 2.10 bits per heavy atom. The molecule has 0 aliphatic rings. The maximum atomic E-state index is 11.8. The maximum Gasteiger partial charge on any atom is 0.226 e. The lowest BCUT2D eigenvalue weighted by Crippen LogP contribution is -2.12. The van der Waals surface area contributed by atoms with E-state index in [-0.39, 0.29) is 5.91 Å². The molecule has 112 valence electrons. The molecular weight excluding hydrogens is 306 g/mol. The summed E-state index contributed by atoms with van der Waals surface area (Å²) in [6.07, 6.45) is 3.03. The van der Waals surface area contributed by atoms with Crippen molar-refractivity contribution in [3.05, 3.63) is 29.8 Å². The Bertz CT molecular complexity index is 584. The lowest BCUT2D eigenvalue weighted by molar-refractivity contribution is -0.116. The third-order valence-electron chi connectivity index (χ3n) is 2.70. The number of carbonyl (C=O) groups excluding carboxylic acids is 1. The SMILES string of the molecule is CCOc1ccc(CCC(=O)Nc2nnc(SC)s2)cc1. The van der Waals surface area contributed by atoms with E-state index in [4.69, 9.17) is 4.74 Å². The summed E-state index contributed by atoms with van der Waals surface area (Å²) >= 11 is 2.90. The second kappa shape index (κ2) is 7.99. The van der Waals surface area contributed by atoms with Crippen molar-refractivity contribution in [2.75, 3.05) is 18.2 Å². The molecule has 1 heterocycles. The zero-order chi connectivity index (χ0) is 15.1. The van der Waals surface area contributed by atoms with Gasteiger partial charge in [0.15, 0.2) is 4.34 Å². The molecule has 1 aromatic carbocycles. The number of nitrogens with zero attached hydrogens (tertiary/aromatic N) is 2. The molecule has 0 radical (unpaired) electrons. The van der Waals surface area contributed by atoms with E-state index in [0.717, 1.165) is 15.7 Å². The lowest BCUT2D eigenvalue weighted by atomic mass is 10.1. The number of anilines is 1. The first kappa shape index (κ1) is 15.8. The normalized spacial score (nSPS) is 10.4. The zero-order valence-electron chi connectivity index (χ0n) is 12.0. The van der Waals surface area contributed by atoms with Gasteiger partial charge >= 0.3 is 0 Å². The number of aryl methyl sites for hydroxylation is 1.